The number of rotatable bonds is 6. The summed E-state index contributed by atoms with van der Waals surface area (Å²) in [6.07, 6.45) is -0.225. The number of anilines is 1. The van der Waals surface area contributed by atoms with Gasteiger partial charge in [-0.1, -0.05) is 0 Å². The predicted octanol–water partition coefficient (Wildman–Crippen LogP) is 1.97. The van der Waals surface area contributed by atoms with Crippen molar-refractivity contribution in [3.8, 4) is 5.75 Å². The van der Waals surface area contributed by atoms with Crippen LogP contribution >= 0.6 is 0 Å². The van der Waals surface area contributed by atoms with Crippen LogP contribution in [-0.4, -0.2) is 74.8 Å². The second-order valence-corrected chi connectivity index (χ2v) is 10.2. The van der Waals surface area contributed by atoms with Gasteiger partial charge in [0.25, 0.3) is 17.7 Å². The van der Waals surface area contributed by atoms with Gasteiger partial charge in [0.05, 0.1) is 41.0 Å². The molecule has 0 bridgehead atoms. The van der Waals surface area contributed by atoms with Crippen molar-refractivity contribution < 1.29 is 32.3 Å². The van der Waals surface area contributed by atoms with Crippen molar-refractivity contribution in [3.05, 3.63) is 53.1 Å². The number of nitrogens with one attached hydrogen (secondary N) is 1. The smallest absolute Gasteiger partial charge is 0.261 e. The zero-order valence-electron chi connectivity index (χ0n) is 19.0. The van der Waals surface area contributed by atoms with Crippen molar-refractivity contribution in [1.82, 2.24) is 9.21 Å². The first-order chi connectivity index (χ1) is 16.1. The number of ether oxygens (including phenoxy) is 2. The van der Waals surface area contributed by atoms with E-state index in [0.29, 0.717) is 19.0 Å². The molecule has 2 heterocycles. The molecule has 0 spiro atoms. The zero-order chi connectivity index (χ0) is 24.6. The Morgan fingerprint density at radius 1 is 1.03 bits per heavy atom. The summed E-state index contributed by atoms with van der Waals surface area (Å²) in [7, 11) is -2.42. The third kappa shape index (κ3) is 4.41. The summed E-state index contributed by atoms with van der Waals surface area (Å²) in [5, 5.41) is 2.69. The lowest BCUT2D eigenvalue weighted by Crippen LogP contribution is -2.40. The van der Waals surface area contributed by atoms with Gasteiger partial charge in [-0.2, -0.15) is 4.31 Å². The molecular formula is C23H25N3O7S. The molecule has 2 aromatic carbocycles. The largest absolute Gasteiger partial charge is 0.489 e. The Kier molecular flexibility index (Phi) is 6.43. The highest BCUT2D eigenvalue weighted by molar-refractivity contribution is 7.89. The molecule has 2 aliphatic heterocycles. The van der Waals surface area contributed by atoms with E-state index in [4.69, 9.17) is 9.47 Å². The van der Waals surface area contributed by atoms with Gasteiger partial charge < -0.3 is 14.8 Å². The minimum atomic E-state index is -3.80. The SMILES string of the molecule is CC(C)Oc1ccc(S(=O)(=O)N2CCOCC2)cc1NC(=O)c1ccc2c(c1)C(=O)N(C)C2=O. The predicted molar refractivity (Wildman–Crippen MR) is 123 cm³/mol. The minimum absolute atomic E-state index is 0.0113. The Morgan fingerprint density at radius 2 is 1.71 bits per heavy atom. The van der Waals surface area contributed by atoms with Crippen LogP contribution in [0.5, 0.6) is 5.75 Å². The van der Waals surface area contributed by atoms with Crippen LogP contribution in [-0.2, 0) is 14.8 Å². The normalized spacial score (nSPS) is 16.6. The Balaban J connectivity index is 1.66. The monoisotopic (exact) mass is 487 g/mol. The molecule has 2 aliphatic rings. The first kappa shape index (κ1) is 23.9. The van der Waals surface area contributed by atoms with E-state index < -0.39 is 27.7 Å². The molecule has 0 radical (unpaired) electrons. The maximum absolute atomic E-state index is 13.1. The first-order valence-electron chi connectivity index (χ1n) is 10.8. The highest BCUT2D eigenvalue weighted by Gasteiger charge is 2.33. The summed E-state index contributed by atoms with van der Waals surface area (Å²) in [5.41, 5.74) is 0.689. The van der Waals surface area contributed by atoms with Crippen molar-refractivity contribution in [3.63, 3.8) is 0 Å². The van der Waals surface area contributed by atoms with Crippen LogP contribution in [0.15, 0.2) is 41.3 Å². The summed E-state index contributed by atoms with van der Waals surface area (Å²) in [6.45, 7) is 4.72. The van der Waals surface area contributed by atoms with Gasteiger partial charge >= 0.3 is 0 Å². The molecule has 0 aliphatic carbocycles. The van der Waals surface area contributed by atoms with Crippen molar-refractivity contribution >= 4 is 33.4 Å². The molecule has 0 saturated carbocycles. The lowest BCUT2D eigenvalue weighted by atomic mass is 10.1. The quantitative estimate of drug-likeness (QED) is 0.618. The van der Waals surface area contributed by atoms with Gasteiger partial charge in [0.1, 0.15) is 5.75 Å². The standard InChI is InChI=1S/C23H25N3O7S/c1-14(2)33-20-7-5-16(34(30,31)26-8-10-32-11-9-26)13-19(20)24-21(27)15-4-6-17-18(12-15)23(29)25(3)22(17)28/h4-7,12-14H,8-11H2,1-3H3,(H,24,27). The number of amides is 3. The molecule has 34 heavy (non-hydrogen) atoms. The fourth-order valence-corrected chi connectivity index (χ4v) is 5.19. The van der Waals surface area contributed by atoms with Crippen LogP contribution < -0.4 is 10.1 Å². The number of sulfonamides is 1. The fraction of sp³-hybridized carbons (Fsp3) is 0.348. The summed E-state index contributed by atoms with van der Waals surface area (Å²) >= 11 is 0. The van der Waals surface area contributed by atoms with E-state index in [9.17, 15) is 22.8 Å². The van der Waals surface area contributed by atoms with E-state index in [1.165, 1.54) is 47.8 Å². The summed E-state index contributed by atoms with van der Waals surface area (Å²) < 4.78 is 38.5. The third-order valence-corrected chi connectivity index (χ3v) is 7.42. The molecule has 0 unspecified atom stereocenters. The first-order valence-corrected chi connectivity index (χ1v) is 12.2. The van der Waals surface area contributed by atoms with Crippen LogP contribution in [0.2, 0.25) is 0 Å². The molecule has 1 N–H and O–H groups in total. The average Bonchev–Trinajstić information content (AvgIpc) is 3.03. The molecule has 0 aromatic heterocycles. The summed E-state index contributed by atoms with van der Waals surface area (Å²) in [4.78, 5) is 38.4. The molecular weight excluding hydrogens is 462 g/mol. The van der Waals surface area contributed by atoms with Crippen molar-refractivity contribution in [2.45, 2.75) is 24.8 Å². The lowest BCUT2D eigenvalue weighted by molar-refractivity contribution is 0.0693. The number of nitrogens with zero attached hydrogens (tertiary/aromatic N) is 2. The highest BCUT2D eigenvalue weighted by atomic mass is 32.2. The molecule has 1 fully saturated rings. The molecule has 11 heteroatoms. The molecule has 2 aromatic rings. The van der Waals surface area contributed by atoms with Gasteiger partial charge in [0, 0.05) is 25.7 Å². The van der Waals surface area contributed by atoms with Gasteiger partial charge in [-0.15, -0.1) is 0 Å². The Hall–Kier alpha value is -3.28. The van der Waals surface area contributed by atoms with Gasteiger partial charge in [-0.25, -0.2) is 8.42 Å². The van der Waals surface area contributed by atoms with Crippen LogP contribution in [0.3, 0.4) is 0 Å². The molecule has 10 nitrogen and oxygen atoms in total. The van der Waals surface area contributed by atoms with Gasteiger partial charge in [-0.3, -0.25) is 19.3 Å². The van der Waals surface area contributed by atoms with Crippen molar-refractivity contribution in [2.75, 3.05) is 38.7 Å². The van der Waals surface area contributed by atoms with Crippen LogP contribution in [0.4, 0.5) is 5.69 Å². The van der Waals surface area contributed by atoms with E-state index in [2.05, 4.69) is 5.32 Å². The topological polar surface area (TPSA) is 122 Å². The lowest BCUT2D eigenvalue weighted by Gasteiger charge is -2.26. The molecule has 0 atom stereocenters. The minimum Gasteiger partial charge on any atom is -0.489 e. The van der Waals surface area contributed by atoms with Gasteiger partial charge in [0.15, 0.2) is 0 Å². The van der Waals surface area contributed by atoms with Crippen molar-refractivity contribution in [2.24, 2.45) is 0 Å². The third-order valence-electron chi connectivity index (χ3n) is 5.52. The summed E-state index contributed by atoms with van der Waals surface area (Å²) in [5.74, 6) is -1.19. The number of benzene rings is 2. The average molecular weight is 488 g/mol. The molecule has 4 rings (SSSR count). The maximum Gasteiger partial charge on any atom is 0.261 e. The van der Waals surface area contributed by atoms with Crippen LogP contribution in [0.1, 0.15) is 44.9 Å². The number of imide groups is 1. The van der Waals surface area contributed by atoms with Crippen LogP contribution in [0, 0.1) is 0 Å². The summed E-state index contributed by atoms with van der Waals surface area (Å²) in [6, 6.07) is 8.52. The number of hydrogen-bond acceptors (Lipinski definition) is 7. The van der Waals surface area contributed by atoms with E-state index in [1.54, 1.807) is 0 Å². The Bertz CT molecular complexity index is 1270. The molecule has 1 saturated heterocycles. The fourth-order valence-electron chi connectivity index (χ4n) is 3.76. The number of carbonyl (C=O) groups excluding carboxylic acids is 3. The highest BCUT2D eigenvalue weighted by Crippen LogP contribution is 2.31. The number of carbonyl (C=O) groups is 3. The number of fused-ring (bicyclic) bond motifs is 1. The van der Waals surface area contributed by atoms with Crippen LogP contribution in [0.25, 0.3) is 0 Å². The van der Waals surface area contributed by atoms with Gasteiger partial charge in [-0.05, 0) is 50.2 Å². The van der Waals surface area contributed by atoms with E-state index >= 15 is 0 Å². The zero-order valence-corrected chi connectivity index (χ0v) is 19.8. The Morgan fingerprint density at radius 3 is 2.38 bits per heavy atom. The van der Waals surface area contributed by atoms with E-state index in [0.717, 1.165) is 4.90 Å². The van der Waals surface area contributed by atoms with E-state index in [-0.39, 0.29) is 46.5 Å². The molecule has 180 valence electrons. The van der Waals surface area contributed by atoms with Crippen molar-refractivity contribution in [1.29, 1.82) is 0 Å². The number of hydrogen-bond donors (Lipinski definition) is 1. The maximum atomic E-state index is 13.1. The second-order valence-electron chi connectivity index (χ2n) is 8.22. The van der Waals surface area contributed by atoms with Gasteiger partial charge in [0.2, 0.25) is 10.0 Å². The second kappa shape index (κ2) is 9.16. The van der Waals surface area contributed by atoms with E-state index in [1.807, 2.05) is 13.8 Å². The number of morpholine rings is 1. The molecule has 3 amide bonds. The Labute approximate surface area is 197 Å².